The molecule has 3 aromatic rings. The van der Waals surface area contributed by atoms with Crippen molar-refractivity contribution in [2.75, 3.05) is 52.9 Å². The van der Waals surface area contributed by atoms with E-state index < -0.39 is 12.1 Å². The van der Waals surface area contributed by atoms with Crippen LogP contribution in [0.25, 0.3) is 11.1 Å². The molecule has 1 aliphatic rings. The van der Waals surface area contributed by atoms with Crippen LogP contribution in [0.4, 0.5) is 5.69 Å². The van der Waals surface area contributed by atoms with Gasteiger partial charge in [0, 0.05) is 12.5 Å². The summed E-state index contributed by atoms with van der Waals surface area (Å²) in [5, 5.41) is 9.54. The maximum Gasteiger partial charge on any atom is 0.243 e. The first kappa shape index (κ1) is 38.2. The number of fused-ring (bicyclic) bond motifs is 3. The van der Waals surface area contributed by atoms with E-state index in [4.69, 9.17) is 23.7 Å². The van der Waals surface area contributed by atoms with Crippen molar-refractivity contribution in [2.45, 2.75) is 58.2 Å². The summed E-state index contributed by atoms with van der Waals surface area (Å²) in [7, 11) is 7.83. The van der Waals surface area contributed by atoms with E-state index in [1.165, 1.54) is 6.92 Å². The van der Waals surface area contributed by atoms with Crippen molar-refractivity contribution in [3.8, 4) is 39.9 Å². The Morgan fingerprint density at radius 1 is 0.880 bits per heavy atom. The van der Waals surface area contributed by atoms with Gasteiger partial charge in [0.05, 0.1) is 53.3 Å². The van der Waals surface area contributed by atoms with Gasteiger partial charge < -0.3 is 39.6 Å². The number of carbonyl (C=O) groups excluding carboxylic acids is 2. The molecule has 3 N–H and O–H groups in total. The molecular weight excluding hydrogens is 658 g/mol. The fraction of sp³-hybridized carbons (Fsp3) is 0.447. The Labute approximate surface area is 298 Å². The molecular formula is C38H49N3O8S. The van der Waals surface area contributed by atoms with E-state index in [9.17, 15) is 14.4 Å². The second-order valence-corrected chi connectivity index (χ2v) is 13.4. The Bertz CT molecular complexity index is 1750. The molecule has 0 saturated heterocycles. The first-order valence-electron chi connectivity index (χ1n) is 16.6. The molecule has 12 heteroatoms. The van der Waals surface area contributed by atoms with Gasteiger partial charge in [-0.2, -0.15) is 11.8 Å². The third kappa shape index (κ3) is 8.40. The summed E-state index contributed by atoms with van der Waals surface area (Å²) in [5.41, 5.74) is 3.84. The Morgan fingerprint density at radius 2 is 1.58 bits per heavy atom. The number of ether oxygens (including phenoxy) is 5. The molecule has 50 heavy (non-hydrogen) atoms. The van der Waals surface area contributed by atoms with Crippen molar-refractivity contribution < 1.29 is 33.3 Å². The molecule has 2 amide bonds. The number of carbonyl (C=O) groups is 2. The van der Waals surface area contributed by atoms with Crippen LogP contribution in [0.2, 0.25) is 0 Å². The van der Waals surface area contributed by atoms with Crippen LogP contribution in [-0.4, -0.2) is 65.4 Å². The zero-order valence-corrected chi connectivity index (χ0v) is 31.2. The number of benzene rings is 2. The second-order valence-electron chi connectivity index (χ2n) is 12.4. The van der Waals surface area contributed by atoms with Crippen molar-refractivity contribution in [1.29, 1.82) is 0 Å². The molecule has 270 valence electrons. The number of thioether (sulfide) groups is 1. The molecule has 1 aliphatic carbocycles. The monoisotopic (exact) mass is 707 g/mol. The highest BCUT2D eigenvalue weighted by atomic mass is 32.2. The molecule has 4 rings (SSSR count). The van der Waals surface area contributed by atoms with Crippen molar-refractivity contribution in [3.63, 3.8) is 0 Å². The SMILES string of the molecule is COc1ccc(C(NC(=O)[C@@H](CCSC)Nc2ccc3c(cc2=O)[C@H](NC(C)=O)CCc2cc(OC)c(OC)c(OC)c2-3)C(C)C)cc1OC. The number of hydrogen-bond acceptors (Lipinski definition) is 10. The molecule has 0 saturated carbocycles. The van der Waals surface area contributed by atoms with Crippen molar-refractivity contribution >= 4 is 29.3 Å². The number of anilines is 1. The normalized spacial score (nSPS) is 14.6. The summed E-state index contributed by atoms with van der Waals surface area (Å²) in [4.78, 5) is 40.4. The molecule has 1 unspecified atom stereocenters. The quantitative estimate of drug-likeness (QED) is 0.175. The zero-order chi connectivity index (χ0) is 36.5. The molecule has 0 aromatic heterocycles. The molecule has 0 radical (unpaired) electrons. The second kappa shape index (κ2) is 17.4. The van der Waals surface area contributed by atoms with E-state index in [1.54, 1.807) is 59.4 Å². The highest BCUT2D eigenvalue weighted by Gasteiger charge is 2.30. The highest BCUT2D eigenvalue weighted by Crippen LogP contribution is 2.50. The first-order chi connectivity index (χ1) is 24.0. The highest BCUT2D eigenvalue weighted by molar-refractivity contribution is 7.98. The van der Waals surface area contributed by atoms with Crippen molar-refractivity contribution in [2.24, 2.45) is 5.92 Å². The van der Waals surface area contributed by atoms with Gasteiger partial charge in [0.2, 0.25) is 23.0 Å². The van der Waals surface area contributed by atoms with E-state index in [2.05, 4.69) is 16.0 Å². The van der Waals surface area contributed by atoms with E-state index >= 15 is 0 Å². The van der Waals surface area contributed by atoms with Gasteiger partial charge in [-0.05, 0) is 89.8 Å². The summed E-state index contributed by atoms with van der Waals surface area (Å²) in [6.07, 6.45) is 3.58. The van der Waals surface area contributed by atoms with Crippen LogP contribution < -0.4 is 45.1 Å². The Balaban J connectivity index is 1.80. The number of rotatable bonds is 15. The van der Waals surface area contributed by atoms with E-state index in [1.807, 2.05) is 50.4 Å². The van der Waals surface area contributed by atoms with Gasteiger partial charge in [0.15, 0.2) is 23.0 Å². The van der Waals surface area contributed by atoms with Crippen LogP contribution in [0.15, 0.2) is 47.3 Å². The summed E-state index contributed by atoms with van der Waals surface area (Å²) in [5.74, 6) is 2.87. The largest absolute Gasteiger partial charge is 0.493 e. The maximum atomic E-state index is 14.0. The number of hydrogen-bond donors (Lipinski definition) is 3. The Morgan fingerprint density at radius 3 is 2.18 bits per heavy atom. The number of aryl methyl sites for hydroxylation is 1. The van der Waals surface area contributed by atoms with Crippen LogP contribution in [0.5, 0.6) is 28.7 Å². The third-order valence-corrected chi connectivity index (χ3v) is 9.55. The summed E-state index contributed by atoms with van der Waals surface area (Å²) in [6.45, 7) is 5.53. The van der Waals surface area contributed by atoms with Crippen LogP contribution >= 0.6 is 11.8 Å². The standard InChI is InChI=1S/C38H49N3O8S/c1-21(2)35(24-11-15-31(45-4)32(19-24)46-5)41-38(44)29(16-17-50-9)40-28-14-12-25-26(20-30(28)43)27(39-22(3)42)13-10-23-18-33(47-6)36(48-7)37(49-8)34(23)25/h11-12,14-15,18-21,27,29,35H,10,13,16-17H2,1-9H3,(H,39,42)(H,40,43)(H,41,44)/t27-,29-,35?/m1/s1. The zero-order valence-electron chi connectivity index (χ0n) is 30.4. The Kier molecular flexibility index (Phi) is 13.3. The first-order valence-corrected chi connectivity index (χ1v) is 18.0. The summed E-state index contributed by atoms with van der Waals surface area (Å²) in [6, 6.07) is 11.1. The fourth-order valence-electron chi connectivity index (χ4n) is 6.45. The molecule has 0 bridgehead atoms. The molecule has 3 atom stereocenters. The van der Waals surface area contributed by atoms with Gasteiger partial charge >= 0.3 is 0 Å². The molecule has 0 fully saturated rings. The molecule has 3 aromatic carbocycles. The van der Waals surface area contributed by atoms with Crippen LogP contribution in [0, 0.1) is 5.92 Å². The Hall–Kier alpha value is -4.58. The van der Waals surface area contributed by atoms with Gasteiger partial charge in [0.1, 0.15) is 6.04 Å². The van der Waals surface area contributed by atoms with Crippen molar-refractivity contribution in [1.82, 2.24) is 10.6 Å². The van der Waals surface area contributed by atoms with Crippen LogP contribution in [0.1, 0.15) is 62.4 Å². The lowest BCUT2D eigenvalue weighted by Crippen LogP contribution is -2.43. The summed E-state index contributed by atoms with van der Waals surface area (Å²) >= 11 is 1.62. The minimum atomic E-state index is -0.712. The average Bonchev–Trinajstić information content (AvgIpc) is 3.35. The van der Waals surface area contributed by atoms with E-state index in [-0.39, 0.29) is 34.9 Å². The topological polar surface area (TPSA) is 133 Å². The summed E-state index contributed by atoms with van der Waals surface area (Å²) < 4.78 is 28.2. The number of nitrogens with one attached hydrogen (secondary N) is 3. The lowest BCUT2D eigenvalue weighted by atomic mass is 9.95. The predicted molar refractivity (Wildman–Crippen MR) is 198 cm³/mol. The maximum absolute atomic E-state index is 14.0. The van der Waals surface area contributed by atoms with Gasteiger partial charge in [-0.1, -0.05) is 26.0 Å². The van der Waals surface area contributed by atoms with Gasteiger partial charge in [-0.15, -0.1) is 0 Å². The van der Waals surface area contributed by atoms with E-state index in [0.717, 1.165) is 16.7 Å². The predicted octanol–water partition coefficient (Wildman–Crippen LogP) is 5.93. The average molecular weight is 708 g/mol. The third-order valence-electron chi connectivity index (χ3n) is 8.90. The number of amides is 2. The fourth-order valence-corrected chi connectivity index (χ4v) is 6.93. The minimum Gasteiger partial charge on any atom is -0.493 e. The lowest BCUT2D eigenvalue weighted by molar-refractivity contribution is -0.123. The van der Waals surface area contributed by atoms with Gasteiger partial charge in [-0.3, -0.25) is 14.4 Å². The van der Waals surface area contributed by atoms with E-state index in [0.29, 0.717) is 64.9 Å². The molecule has 0 aliphatic heterocycles. The minimum absolute atomic E-state index is 0.0508. The van der Waals surface area contributed by atoms with Crippen LogP contribution in [0.3, 0.4) is 0 Å². The van der Waals surface area contributed by atoms with Crippen molar-refractivity contribution in [3.05, 3.63) is 69.4 Å². The number of methoxy groups -OCH3 is 5. The molecule has 0 heterocycles. The lowest BCUT2D eigenvalue weighted by Gasteiger charge is -2.27. The molecule has 0 spiro atoms. The smallest absolute Gasteiger partial charge is 0.243 e. The molecule has 11 nitrogen and oxygen atoms in total. The van der Waals surface area contributed by atoms with Crippen LogP contribution in [-0.2, 0) is 16.0 Å². The van der Waals surface area contributed by atoms with Gasteiger partial charge in [0.25, 0.3) is 0 Å². The van der Waals surface area contributed by atoms with Gasteiger partial charge in [-0.25, -0.2) is 0 Å².